The molecule has 1 rings (SSSR count). The van der Waals surface area contributed by atoms with E-state index in [-0.39, 0.29) is 18.4 Å². The maximum Gasteiger partial charge on any atom is 0.193 e. The number of hydrogen-bond donors (Lipinski definition) is 2. The highest BCUT2D eigenvalue weighted by atomic mass is 35.5. The van der Waals surface area contributed by atoms with Crippen LogP contribution < -0.4 is 11.5 Å². The topological polar surface area (TPSA) is 65.2 Å². The summed E-state index contributed by atoms with van der Waals surface area (Å²) < 4.78 is 5.08. The molecule has 0 aliphatic rings. The molecule has 3 nitrogen and oxygen atoms in total. The molecule has 4 N–H and O–H groups in total. The van der Waals surface area contributed by atoms with Gasteiger partial charge >= 0.3 is 0 Å². The fourth-order valence-electron chi connectivity index (χ4n) is 0.849. The molecule has 0 radical (unpaired) electrons. The Morgan fingerprint density at radius 3 is 2.58 bits per heavy atom. The monoisotopic (exact) mass is 210 g/mol. The minimum atomic E-state index is -0.132. The average Bonchev–Trinajstić information content (AvgIpc) is 2.36. The summed E-state index contributed by atoms with van der Waals surface area (Å²) in [6, 6.07) is 3.31. The van der Waals surface area contributed by atoms with E-state index in [4.69, 9.17) is 27.5 Å². The lowest BCUT2D eigenvalue weighted by atomic mass is 10.2. The van der Waals surface area contributed by atoms with Gasteiger partial charge in [0.05, 0.1) is 6.04 Å². The van der Waals surface area contributed by atoms with Crippen LogP contribution in [0.3, 0.4) is 0 Å². The van der Waals surface area contributed by atoms with Crippen LogP contribution in [0.2, 0.25) is 5.22 Å². The van der Waals surface area contributed by atoms with Gasteiger partial charge in [-0.05, 0) is 36.7 Å². The lowest BCUT2D eigenvalue weighted by molar-refractivity contribution is 0.456. The lowest BCUT2D eigenvalue weighted by Crippen LogP contribution is -2.14. The number of furan rings is 1. The number of hydrogen-bond acceptors (Lipinski definition) is 3. The maximum atomic E-state index is 5.69. The van der Waals surface area contributed by atoms with Gasteiger partial charge in [-0.1, -0.05) is 0 Å². The van der Waals surface area contributed by atoms with E-state index >= 15 is 0 Å². The summed E-state index contributed by atoms with van der Waals surface area (Å²) in [5.74, 6) is 0.695. The molecule has 12 heavy (non-hydrogen) atoms. The molecule has 1 aromatic heterocycles. The minimum Gasteiger partial charge on any atom is -0.448 e. The Balaban J connectivity index is 0.00000121. The summed E-state index contributed by atoms with van der Waals surface area (Å²) in [5, 5.41) is 0.368. The second-order valence-corrected chi connectivity index (χ2v) is 2.70. The van der Waals surface area contributed by atoms with Gasteiger partial charge in [-0.2, -0.15) is 0 Å². The van der Waals surface area contributed by atoms with Crippen molar-refractivity contribution in [3.63, 3.8) is 0 Å². The normalized spacial score (nSPS) is 12.2. The third kappa shape index (κ3) is 3.03. The van der Waals surface area contributed by atoms with Crippen molar-refractivity contribution in [1.82, 2.24) is 0 Å². The molecule has 5 heteroatoms. The summed E-state index contributed by atoms with van der Waals surface area (Å²) in [4.78, 5) is 0. The van der Waals surface area contributed by atoms with E-state index in [1.807, 2.05) is 0 Å². The van der Waals surface area contributed by atoms with E-state index in [9.17, 15) is 0 Å². The van der Waals surface area contributed by atoms with Crippen molar-refractivity contribution >= 4 is 24.0 Å². The Hall–Kier alpha value is -0.220. The Labute approximate surface area is 82.5 Å². The Bertz CT molecular complexity index is 227. The van der Waals surface area contributed by atoms with Gasteiger partial charge in [-0.15, -0.1) is 12.4 Å². The second-order valence-electron chi connectivity index (χ2n) is 2.33. The highest BCUT2D eigenvalue weighted by Crippen LogP contribution is 2.19. The van der Waals surface area contributed by atoms with E-state index in [1.54, 1.807) is 12.1 Å². The summed E-state index contributed by atoms with van der Waals surface area (Å²) in [7, 11) is 0. The number of rotatable bonds is 3. The first kappa shape index (κ1) is 11.8. The number of nitrogens with two attached hydrogens (primary N) is 2. The molecule has 70 valence electrons. The van der Waals surface area contributed by atoms with Crippen LogP contribution >= 0.6 is 24.0 Å². The highest BCUT2D eigenvalue weighted by Gasteiger charge is 2.08. The molecule has 0 saturated heterocycles. The van der Waals surface area contributed by atoms with Crippen LogP contribution in [0.4, 0.5) is 0 Å². The van der Waals surface area contributed by atoms with Gasteiger partial charge in [0.2, 0.25) is 0 Å². The van der Waals surface area contributed by atoms with Gasteiger partial charge in [-0.3, -0.25) is 0 Å². The second kappa shape index (κ2) is 5.43. The van der Waals surface area contributed by atoms with Crippen molar-refractivity contribution in [2.24, 2.45) is 11.5 Å². The standard InChI is InChI=1S/C7H11ClN2O.ClH/c8-7-2-1-6(11-7)5(10)3-4-9;/h1-2,5H,3-4,9-10H2;1H/t5-;/m0./s1. The van der Waals surface area contributed by atoms with Gasteiger partial charge in [0.15, 0.2) is 5.22 Å². The van der Waals surface area contributed by atoms with E-state index in [0.29, 0.717) is 23.9 Å². The third-order valence-corrected chi connectivity index (χ3v) is 1.64. The maximum absolute atomic E-state index is 5.69. The van der Waals surface area contributed by atoms with Crippen LogP contribution in [0.5, 0.6) is 0 Å². The lowest BCUT2D eigenvalue weighted by Gasteiger charge is -2.04. The van der Waals surface area contributed by atoms with Crippen molar-refractivity contribution in [3.05, 3.63) is 23.1 Å². The van der Waals surface area contributed by atoms with Crippen LogP contribution in [0, 0.1) is 0 Å². The molecule has 1 aromatic rings. The van der Waals surface area contributed by atoms with E-state index in [0.717, 1.165) is 0 Å². The summed E-state index contributed by atoms with van der Waals surface area (Å²) >= 11 is 5.55. The van der Waals surface area contributed by atoms with E-state index in [2.05, 4.69) is 0 Å². The number of halogens is 2. The molecule has 0 aliphatic heterocycles. The van der Waals surface area contributed by atoms with E-state index in [1.165, 1.54) is 0 Å². The fourth-order valence-corrected chi connectivity index (χ4v) is 1.00. The van der Waals surface area contributed by atoms with Gasteiger partial charge in [0.1, 0.15) is 5.76 Å². The summed E-state index contributed by atoms with van der Waals surface area (Å²) in [6.45, 7) is 0.555. The predicted molar refractivity (Wildman–Crippen MR) is 51.6 cm³/mol. The molecule has 0 saturated carbocycles. The van der Waals surface area contributed by atoms with Crippen molar-refractivity contribution in [1.29, 1.82) is 0 Å². The van der Waals surface area contributed by atoms with Gasteiger partial charge in [-0.25, -0.2) is 0 Å². The smallest absolute Gasteiger partial charge is 0.193 e. The zero-order valence-corrected chi connectivity index (χ0v) is 8.07. The van der Waals surface area contributed by atoms with Crippen LogP contribution in [0.1, 0.15) is 18.2 Å². The molecule has 0 bridgehead atoms. The summed E-state index contributed by atoms with van der Waals surface area (Å²) in [5.41, 5.74) is 11.0. The predicted octanol–water partition coefficient (Wildman–Crippen LogP) is 1.70. The quantitative estimate of drug-likeness (QED) is 0.799. The zero-order chi connectivity index (χ0) is 8.27. The molecule has 0 unspecified atom stereocenters. The molecule has 1 heterocycles. The third-order valence-electron chi connectivity index (χ3n) is 1.44. The average molecular weight is 211 g/mol. The van der Waals surface area contributed by atoms with Gasteiger partial charge in [0, 0.05) is 0 Å². The van der Waals surface area contributed by atoms with Crippen LogP contribution in [-0.4, -0.2) is 6.54 Å². The van der Waals surface area contributed by atoms with Gasteiger partial charge in [0.25, 0.3) is 0 Å². The molecular weight excluding hydrogens is 199 g/mol. The molecule has 0 amide bonds. The summed E-state index contributed by atoms with van der Waals surface area (Å²) in [6.07, 6.45) is 0.712. The Kier molecular flexibility index (Phi) is 5.33. The minimum absolute atomic E-state index is 0. The SMILES string of the molecule is Cl.NCC[C@H](N)c1ccc(Cl)o1. The Morgan fingerprint density at radius 1 is 1.50 bits per heavy atom. The van der Waals surface area contributed by atoms with Gasteiger partial charge < -0.3 is 15.9 Å². The van der Waals surface area contributed by atoms with Crippen LogP contribution in [0.15, 0.2) is 16.5 Å². The van der Waals surface area contributed by atoms with Crippen LogP contribution in [0.25, 0.3) is 0 Å². The van der Waals surface area contributed by atoms with Crippen molar-refractivity contribution in [3.8, 4) is 0 Å². The highest BCUT2D eigenvalue weighted by molar-refractivity contribution is 6.28. The zero-order valence-electron chi connectivity index (χ0n) is 6.50. The molecule has 0 aliphatic carbocycles. The van der Waals surface area contributed by atoms with Crippen molar-refractivity contribution < 1.29 is 4.42 Å². The Morgan fingerprint density at radius 2 is 2.17 bits per heavy atom. The van der Waals surface area contributed by atoms with E-state index < -0.39 is 0 Å². The van der Waals surface area contributed by atoms with Crippen LogP contribution in [-0.2, 0) is 0 Å². The fraction of sp³-hybridized carbons (Fsp3) is 0.429. The molecule has 0 aromatic carbocycles. The molecular formula is C7H12Cl2N2O. The molecule has 0 fully saturated rings. The molecule has 0 spiro atoms. The van der Waals surface area contributed by atoms with Crippen molar-refractivity contribution in [2.75, 3.05) is 6.54 Å². The first-order chi connectivity index (χ1) is 5.24. The first-order valence-electron chi connectivity index (χ1n) is 3.45. The van der Waals surface area contributed by atoms with Crippen molar-refractivity contribution in [2.45, 2.75) is 12.5 Å². The largest absolute Gasteiger partial charge is 0.448 e. The molecule has 1 atom stereocenters. The first-order valence-corrected chi connectivity index (χ1v) is 3.82.